The summed E-state index contributed by atoms with van der Waals surface area (Å²) in [6.07, 6.45) is 18.2. The van der Waals surface area contributed by atoms with E-state index in [0.717, 1.165) is 0 Å². The number of quaternary nitrogens is 1. The molecular weight excluding hydrogens is 314 g/mol. The molecule has 152 valence electrons. The van der Waals surface area contributed by atoms with Crippen molar-refractivity contribution in [3.05, 3.63) is 0 Å². The predicted octanol–water partition coefficient (Wildman–Crippen LogP) is 6.79. The number of hydrogen-bond acceptors (Lipinski definition) is 1. The third kappa shape index (κ3) is 28.3. The first-order valence-electron chi connectivity index (χ1n) is 10.6. The molecule has 0 heterocycles. The molecule has 0 aromatic rings. The van der Waals surface area contributed by atoms with E-state index in [0.29, 0.717) is 0 Å². The van der Waals surface area contributed by atoms with Gasteiger partial charge in [-0.05, 0) is 25.7 Å². The van der Waals surface area contributed by atoms with Crippen molar-refractivity contribution in [3.63, 3.8) is 0 Å². The van der Waals surface area contributed by atoms with Crippen LogP contribution in [0.15, 0.2) is 0 Å². The maximum Gasteiger partial charge on any atom is 0.503 e. The highest BCUT2D eigenvalue weighted by atomic mass is 16.6. The van der Waals surface area contributed by atoms with Crippen molar-refractivity contribution in [1.29, 1.82) is 0 Å². The molecule has 0 atom stereocenters. The van der Waals surface area contributed by atoms with Crippen molar-refractivity contribution in [2.45, 2.75) is 104 Å². The van der Waals surface area contributed by atoms with Crippen LogP contribution in [0.1, 0.15) is 104 Å². The van der Waals surface area contributed by atoms with Crippen molar-refractivity contribution in [2.24, 2.45) is 0 Å². The zero-order chi connectivity index (χ0) is 19.4. The first-order valence-corrected chi connectivity index (χ1v) is 10.6. The molecule has 0 aliphatic carbocycles. The van der Waals surface area contributed by atoms with Crippen LogP contribution in [-0.2, 0) is 0 Å². The lowest BCUT2D eigenvalue weighted by molar-refractivity contribution is -0.890. The highest BCUT2D eigenvalue weighted by molar-refractivity contribution is 5.53. The van der Waals surface area contributed by atoms with Gasteiger partial charge in [0.2, 0.25) is 0 Å². The molecule has 0 amide bonds. The van der Waals surface area contributed by atoms with Crippen molar-refractivity contribution in [1.82, 2.24) is 0 Å². The first kappa shape index (κ1) is 26.5. The molecule has 0 bridgehead atoms. The number of unbranched alkanes of at least 4 members (excludes halogenated alkanes) is 12. The van der Waals surface area contributed by atoms with Gasteiger partial charge in [-0.3, -0.25) is 0 Å². The second-order valence-corrected chi connectivity index (χ2v) is 7.91. The van der Waals surface area contributed by atoms with Crippen LogP contribution in [0.5, 0.6) is 0 Å². The van der Waals surface area contributed by atoms with Crippen LogP contribution in [0.2, 0.25) is 0 Å². The van der Waals surface area contributed by atoms with E-state index in [4.69, 9.17) is 15.0 Å². The molecule has 0 aliphatic heterocycles. The lowest BCUT2D eigenvalue weighted by Crippen LogP contribution is -2.41. The molecule has 0 aliphatic rings. The van der Waals surface area contributed by atoms with Gasteiger partial charge in [0.25, 0.3) is 0 Å². The molecule has 2 N–H and O–H groups in total. The Morgan fingerprint density at radius 3 is 1.12 bits per heavy atom. The summed E-state index contributed by atoms with van der Waals surface area (Å²) in [5.41, 5.74) is 0. The van der Waals surface area contributed by atoms with Crippen molar-refractivity contribution in [2.75, 3.05) is 27.2 Å². The summed E-state index contributed by atoms with van der Waals surface area (Å²) in [6.45, 7) is 7.35. The molecule has 0 saturated carbocycles. The van der Waals surface area contributed by atoms with E-state index in [1.807, 2.05) is 0 Å². The van der Waals surface area contributed by atoms with Gasteiger partial charge < -0.3 is 14.7 Å². The molecule has 0 radical (unpaired) electrons. The van der Waals surface area contributed by atoms with E-state index >= 15 is 0 Å². The first-order chi connectivity index (χ1) is 11.9. The van der Waals surface area contributed by atoms with E-state index < -0.39 is 6.16 Å². The predicted molar refractivity (Wildman–Crippen MR) is 108 cm³/mol. The minimum absolute atomic E-state index is 1.24. The van der Waals surface area contributed by atoms with E-state index in [2.05, 4.69) is 27.9 Å². The summed E-state index contributed by atoms with van der Waals surface area (Å²) in [7, 11) is 4.85. The fraction of sp³-hybridized carbons (Fsp3) is 0.952. The Hall–Kier alpha value is -0.770. The zero-order valence-electron chi connectivity index (χ0n) is 17.6. The van der Waals surface area contributed by atoms with Crippen LogP contribution in [-0.4, -0.2) is 48.0 Å². The van der Waals surface area contributed by atoms with Gasteiger partial charge in [0, 0.05) is 0 Å². The number of carboxylic acid groups (broad SMARTS) is 2. The second kappa shape index (κ2) is 19.6. The third-order valence-corrected chi connectivity index (χ3v) is 4.73. The Morgan fingerprint density at radius 2 is 0.840 bits per heavy atom. The quantitative estimate of drug-likeness (QED) is 0.235. The van der Waals surface area contributed by atoms with Gasteiger partial charge in [-0.25, -0.2) is 4.79 Å². The maximum absolute atomic E-state index is 8.56. The minimum Gasteiger partial charge on any atom is -0.450 e. The molecule has 0 fully saturated rings. The topological polar surface area (TPSA) is 57.5 Å². The Labute approximate surface area is 157 Å². The van der Waals surface area contributed by atoms with Gasteiger partial charge in [0.15, 0.2) is 0 Å². The molecule has 0 aromatic carbocycles. The van der Waals surface area contributed by atoms with Crippen LogP contribution in [0.25, 0.3) is 0 Å². The molecule has 0 unspecified atom stereocenters. The molecule has 0 spiro atoms. The largest absolute Gasteiger partial charge is 0.503 e. The maximum atomic E-state index is 8.56. The summed E-state index contributed by atoms with van der Waals surface area (Å²) in [6, 6.07) is 0. The molecule has 4 heteroatoms. The van der Waals surface area contributed by atoms with Gasteiger partial charge in [0.05, 0.1) is 27.2 Å². The van der Waals surface area contributed by atoms with Gasteiger partial charge in [-0.1, -0.05) is 78.1 Å². The number of rotatable bonds is 16. The van der Waals surface area contributed by atoms with E-state index in [1.54, 1.807) is 0 Å². The van der Waals surface area contributed by atoms with Gasteiger partial charge in [0.1, 0.15) is 0 Å². The van der Waals surface area contributed by atoms with Crippen molar-refractivity contribution < 1.29 is 19.5 Å². The van der Waals surface area contributed by atoms with E-state index in [9.17, 15) is 0 Å². The van der Waals surface area contributed by atoms with Crippen LogP contribution >= 0.6 is 0 Å². The molecule has 4 nitrogen and oxygen atoms in total. The Morgan fingerprint density at radius 1 is 0.600 bits per heavy atom. The van der Waals surface area contributed by atoms with Crippen LogP contribution in [0.4, 0.5) is 4.79 Å². The average molecular weight is 361 g/mol. The number of nitrogens with zero attached hydrogens (tertiary/aromatic N) is 1. The molecule has 0 aromatic heterocycles. The normalized spacial score (nSPS) is 11.0. The van der Waals surface area contributed by atoms with Gasteiger partial charge >= 0.3 is 6.16 Å². The van der Waals surface area contributed by atoms with Crippen LogP contribution < -0.4 is 0 Å². The monoisotopic (exact) mass is 360 g/mol. The molecule has 0 saturated heterocycles. The summed E-state index contributed by atoms with van der Waals surface area (Å²) in [4.78, 5) is 8.56. The molecule has 25 heavy (non-hydrogen) atoms. The summed E-state index contributed by atoms with van der Waals surface area (Å²) < 4.78 is 1.24. The van der Waals surface area contributed by atoms with Gasteiger partial charge in [-0.2, -0.15) is 0 Å². The fourth-order valence-electron chi connectivity index (χ4n) is 3.11. The number of hydrogen-bond donors (Lipinski definition) is 2. The lowest BCUT2D eigenvalue weighted by atomic mass is 10.1. The standard InChI is InChI=1S/C20H44N.CH2O3/c1-5-7-9-11-13-14-16-18-20-21(3,4)19-17-15-12-10-8-6-2;2-1(3)4/h5-20H2,1-4H3;(H2,2,3,4)/q+1;. The summed E-state index contributed by atoms with van der Waals surface area (Å²) in [5, 5.41) is 13.9. The lowest BCUT2D eigenvalue weighted by Gasteiger charge is -2.30. The third-order valence-electron chi connectivity index (χ3n) is 4.73. The Bertz CT molecular complexity index is 276. The zero-order valence-corrected chi connectivity index (χ0v) is 17.6. The van der Waals surface area contributed by atoms with Crippen molar-refractivity contribution >= 4 is 6.16 Å². The van der Waals surface area contributed by atoms with Crippen LogP contribution in [0, 0.1) is 0 Å². The molecule has 0 rings (SSSR count). The van der Waals surface area contributed by atoms with Crippen molar-refractivity contribution in [3.8, 4) is 0 Å². The SMILES string of the molecule is CCCCCCCCCC[N+](C)(C)CCCCCCCC.O=C(O)O. The highest BCUT2D eigenvalue weighted by Crippen LogP contribution is 2.12. The van der Waals surface area contributed by atoms with Crippen LogP contribution in [0.3, 0.4) is 0 Å². The average Bonchev–Trinajstić information content (AvgIpc) is 2.53. The summed E-state index contributed by atoms with van der Waals surface area (Å²) >= 11 is 0. The fourth-order valence-corrected chi connectivity index (χ4v) is 3.11. The Kier molecular flexibility index (Phi) is 20.7. The minimum atomic E-state index is -1.83. The smallest absolute Gasteiger partial charge is 0.450 e. The van der Waals surface area contributed by atoms with Gasteiger partial charge in [-0.15, -0.1) is 0 Å². The Balaban J connectivity index is 0. The molecular formula is C21H46NO3+. The van der Waals surface area contributed by atoms with E-state index in [1.165, 1.54) is 107 Å². The second-order valence-electron chi connectivity index (χ2n) is 7.91. The summed E-state index contributed by atoms with van der Waals surface area (Å²) in [5.74, 6) is 0. The highest BCUT2D eigenvalue weighted by Gasteiger charge is 2.13. The van der Waals surface area contributed by atoms with E-state index in [-0.39, 0.29) is 0 Å². The number of carbonyl (C=O) groups is 1.